The summed E-state index contributed by atoms with van der Waals surface area (Å²) < 4.78 is 0. The first-order valence-electron chi connectivity index (χ1n) is 27.1. The van der Waals surface area contributed by atoms with Crippen LogP contribution >= 0.6 is 0 Å². The molecule has 0 spiro atoms. The molecule has 1 unspecified atom stereocenters. The smallest absolute Gasteiger partial charge is 0.317 e. The fourth-order valence-electron chi connectivity index (χ4n) is 7.72. The minimum atomic E-state index is -1.71. The van der Waals surface area contributed by atoms with Crippen LogP contribution in [0.4, 0.5) is 5.82 Å². The Morgan fingerprint density at radius 1 is 0.727 bits per heavy atom. The Kier molecular flexibility index (Phi) is 37.1. The molecule has 88 heavy (non-hydrogen) atoms. The fourth-order valence-corrected chi connectivity index (χ4v) is 7.72. The van der Waals surface area contributed by atoms with Gasteiger partial charge in [-0.3, -0.25) is 58.4 Å². The molecule has 487 valence electrons. The number of unbranched alkanes of at least 4 members (excludes halogenated alkanes) is 1. The summed E-state index contributed by atoms with van der Waals surface area (Å²) in [5.74, 6) is -7.95. The van der Waals surface area contributed by atoms with Crippen LogP contribution in [0.25, 0.3) is 0 Å². The number of amides is 7. The van der Waals surface area contributed by atoms with E-state index in [9.17, 15) is 63.6 Å². The van der Waals surface area contributed by atoms with Crippen LogP contribution < -0.4 is 54.0 Å². The topological polar surface area (TPSA) is 579 Å². The molecule has 1 aliphatic rings. The normalized spacial score (nSPS) is 18.0. The maximum absolute atomic E-state index is 14.0. The van der Waals surface area contributed by atoms with Gasteiger partial charge in [-0.25, -0.2) is 10.5 Å². The summed E-state index contributed by atoms with van der Waals surface area (Å²) in [4.78, 5) is 125. The molecule has 1 radical (unpaired) electrons. The monoisotopic (exact) mass is 1330 g/mol. The van der Waals surface area contributed by atoms with Crippen molar-refractivity contribution in [1.82, 2.24) is 52.5 Å². The second-order valence-electron chi connectivity index (χ2n) is 19.7. The molecule has 23 N–H and O–H groups in total. The molecule has 1 aliphatic heterocycles. The summed E-state index contributed by atoms with van der Waals surface area (Å²) in [6.45, 7) is -1.54. The number of aromatic nitrogens is 2. The van der Waals surface area contributed by atoms with E-state index >= 15 is 0 Å². The largest absolute Gasteiger partial charge is 0.481 e. The number of aliphatic hydroxyl groups is 8. The van der Waals surface area contributed by atoms with E-state index in [1.165, 1.54) is 42.9 Å². The van der Waals surface area contributed by atoms with Crippen LogP contribution in [0.2, 0.25) is 0 Å². The van der Waals surface area contributed by atoms with E-state index < -0.39 is 159 Å². The van der Waals surface area contributed by atoms with Crippen molar-refractivity contribution < 1.29 is 114 Å². The van der Waals surface area contributed by atoms with E-state index in [4.69, 9.17) is 47.6 Å². The minimum absolute atomic E-state index is 0. The molecule has 4 rings (SSSR count). The molecule has 0 aliphatic carbocycles. The molecule has 0 bridgehead atoms. The molecule has 2 aromatic heterocycles. The van der Waals surface area contributed by atoms with Crippen LogP contribution in [-0.2, 0) is 60.1 Å². The average Bonchev–Trinajstić information content (AvgIpc) is 3.76. The average molecular weight is 1330 g/mol. The van der Waals surface area contributed by atoms with Crippen LogP contribution in [0, 0.1) is 11.4 Å². The molecule has 3 heterocycles. The Morgan fingerprint density at radius 3 is 1.90 bits per heavy atom. The van der Waals surface area contributed by atoms with Gasteiger partial charge >= 0.3 is 11.9 Å². The number of nitrogens with zero attached hydrogens (tertiary/aromatic N) is 4. The number of guanidine groups is 1. The van der Waals surface area contributed by atoms with Crippen molar-refractivity contribution in [3.05, 3.63) is 89.9 Å². The Hall–Kier alpha value is -8.09. The maximum atomic E-state index is 14.0. The first-order chi connectivity index (χ1) is 41.3. The maximum Gasteiger partial charge on any atom is 0.317 e. The Morgan fingerprint density at radius 2 is 1.33 bits per heavy atom. The number of carboxylic acids is 2. The number of aliphatic carboxylic acids is 2. The zero-order valence-electron chi connectivity index (χ0n) is 47.9. The summed E-state index contributed by atoms with van der Waals surface area (Å²) in [6.07, 6.45) is -1.64. The number of carboxylic acid groups (broad SMARTS) is 2. The van der Waals surface area contributed by atoms with Crippen LogP contribution in [-0.4, -0.2) is 234 Å². The van der Waals surface area contributed by atoms with E-state index in [1.807, 2.05) is 0 Å². The van der Waals surface area contributed by atoms with Gasteiger partial charge in [-0.2, -0.15) is 0 Å². The van der Waals surface area contributed by atoms with Crippen molar-refractivity contribution in [2.75, 3.05) is 59.2 Å². The molecule has 1 fully saturated rings. The third-order valence-electron chi connectivity index (χ3n) is 12.9. The van der Waals surface area contributed by atoms with Gasteiger partial charge in [0.05, 0.1) is 63.1 Å². The number of aliphatic imine (C=N–C) groups is 1. The number of nitrogens with one attached hydrogen (secondary N) is 9. The van der Waals surface area contributed by atoms with Gasteiger partial charge in [0.15, 0.2) is 11.8 Å². The minimum Gasteiger partial charge on any atom is -0.481 e. The number of carbonyl (C=O) groups excluding carboxylic acids is 7. The molecule has 1 aromatic carbocycles. The quantitative estimate of drug-likeness (QED) is 0.0133. The number of pyridine rings is 2. The number of benzene rings is 1. The Balaban J connectivity index is 0.000000953. The molecule has 1 saturated heterocycles. The van der Waals surface area contributed by atoms with E-state index in [2.05, 4.69) is 62.6 Å². The zero-order valence-corrected chi connectivity index (χ0v) is 49.8. The summed E-state index contributed by atoms with van der Waals surface area (Å²) in [6, 6.07) is 9.16. The van der Waals surface area contributed by atoms with Crippen molar-refractivity contribution >= 4 is 65.1 Å². The van der Waals surface area contributed by atoms with Gasteiger partial charge in [-0.15, -0.1) is 5.11 Å². The second kappa shape index (κ2) is 41.9. The zero-order chi connectivity index (χ0) is 65.1. The molecule has 0 saturated carbocycles. The molecular formula is C53H79N15O19Tc. The third kappa shape index (κ3) is 29.1. The summed E-state index contributed by atoms with van der Waals surface area (Å²) in [5, 5.41) is 114. The van der Waals surface area contributed by atoms with Gasteiger partial charge in [0.1, 0.15) is 42.5 Å². The first kappa shape index (κ1) is 77.9. The van der Waals surface area contributed by atoms with Gasteiger partial charge in [0.25, 0.3) is 11.8 Å². The molecule has 7 amide bonds. The second-order valence-corrected chi connectivity index (χ2v) is 19.7. The van der Waals surface area contributed by atoms with Gasteiger partial charge < -0.3 is 99.8 Å². The predicted molar refractivity (Wildman–Crippen MR) is 305 cm³/mol. The predicted octanol–water partition coefficient (Wildman–Crippen LogP) is -6.26. The SMILES string of the molecule is CC(CCCN=C(N)N)[C@@H]1NC(=O)[C@H](CCCCNC(=O)c2ccc(N=N)nc2)NC(=O)[C@@H](Cc2ccccc2)NC(=O)[C@H](CC(=O)O)NC(=O)CNC1=O.O=C(NC[C@@H](O)[C@@H](O)[C@@H](O)[C@H](O)CO)c1ccncc1.O=C(O)CNC(CO)(CO)CO.[Tc]. The summed E-state index contributed by atoms with van der Waals surface area (Å²) in [7, 11) is 0. The van der Waals surface area contributed by atoms with E-state index in [1.54, 1.807) is 37.3 Å². The van der Waals surface area contributed by atoms with Crippen LogP contribution in [0.3, 0.4) is 0 Å². The van der Waals surface area contributed by atoms with Crippen molar-refractivity contribution in [3.63, 3.8) is 0 Å². The van der Waals surface area contributed by atoms with Gasteiger partial charge in [0.2, 0.25) is 29.5 Å². The standard InChI is InChI=1S/C35H48N12O8.C12H18N2O6.C6H13NO5.Tc/c1-20(8-7-15-40-35(36)37)29-34(55)42-19-27(48)43-25(17-28(49)50)33(54)45-24(16-21-9-3-2-4-10-21)32(53)44-23(31(52)46-29)11-5-6-14-39-30(51)22-12-13-26(47-38)41-18-22;15-6-9(17)11(19)10(18)8(16)5-14-12(20)7-1-3-13-4-2-7;8-2-6(3-9,4-10)7-1-5(11)12;/h2-4,9-10,12-13,18,20,23-25,29,38H,5-8,11,14-17,19H2,1H3,(H,39,51)(H,42,55)(H,43,48)(H,44,53)(H,45,54)(H,46,52)(H,49,50)(H4,36,37,40);1-4,8-11,15-19H,5-6H2,(H,14,20);7-10H,1-4H2,(H,11,12);/t20?,23-,24+,25-,29-;8-,9-,10-,11+;;/m01../s1. The third-order valence-corrected chi connectivity index (χ3v) is 12.9. The van der Waals surface area contributed by atoms with E-state index in [-0.39, 0.29) is 69.9 Å². The van der Waals surface area contributed by atoms with E-state index in [0.717, 1.165) is 0 Å². The fraction of sp³-hybridized carbons (Fsp3) is 0.509. The van der Waals surface area contributed by atoms with Crippen molar-refractivity contribution in [2.45, 2.75) is 106 Å². The first-order valence-corrected chi connectivity index (χ1v) is 27.1. The van der Waals surface area contributed by atoms with Crippen molar-refractivity contribution in [1.29, 1.82) is 5.53 Å². The molecule has 35 heteroatoms. The Labute approximate surface area is 518 Å². The molecule has 9 atom stereocenters. The summed E-state index contributed by atoms with van der Waals surface area (Å²) >= 11 is 0. The van der Waals surface area contributed by atoms with Gasteiger partial charge in [-0.05, 0) is 67.9 Å². The number of aliphatic hydroxyl groups excluding tert-OH is 8. The molecule has 3 aromatic rings. The van der Waals surface area contributed by atoms with E-state index in [0.29, 0.717) is 36.8 Å². The van der Waals surface area contributed by atoms with Gasteiger partial charge in [-0.1, -0.05) is 37.3 Å². The Bertz CT molecular complexity index is 2690. The number of rotatable bonds is 29. The number of carbonyl (C=O) groups is 9. The van der Waals surface area contributed by atoms with Crippen molar-refractivity contribution in [2.24, 2.45) is 27.5 Å². The number of hydrogen-bond acceptors (Lipinski definition) is 23. The van der Waals surface area contributed by atoms with Crippen LogP contribution in [0.5, 0.6) is 0 Å². The van der Waals surface area contributed by atoms with Gasteiger partial charge in [0, 0.05) is 70.3 Å². The number of nitrogens with two attached hydrogens (primary N) is 2. The summed E-state index contributed by atoms with van der Waals surface area (Å²) in [5.41, 5.74) is 17.8. The molecular weight excluding hydrogens is 1250 g/mol. The molecule has 34 nitrogen and oxygen atoms in total. The van der Waals surface area contributed by atoms with Crippen molar-refractivity contribution in [3.8, 4) is 0 Å². The van der Waals surface area contributed by atoms with Crippen LogP contribution in [0.15, 0.2) is 83.3 Å². The number of hydrogen-bond donors (Lipinski definition) is 21. The van der Waals surface area contributed by atoms with Crippen LogP contribution in [0.1, 0.15) is 71.7 Å².